The summed E-state index contributed by atoms with van der Waals surface area (Å²) in [7, 11) is 0. The van der Waals surface area contributed by atoms with Crippen LogP contribution in [0.15, 0.2) is 49.1 Å². The van der Waals surface area contributed by atoms with E-state index in [0.29, 0.717) is 17.3 Å². The number of fused-ring (bicyclic) bond motifs is 1. The Balaban J connectivity index is 1.66. The molecule has 0 saturated heterocycles. The molecule has 6 nitrogen and oxygen atoms in total. The number of anilines is 2. The third-order valence-electron chi connectivity index (χ3n) is 4.62. The van der Waals surface area contributed by atoms with Gasteiger partial charge in [0.2, 0.25) is 0 Å². The smallest absolute Gasteiger partial charge is 0.399 e. The van der Waals surface area contributed by atoms with Crippen molar-refractivity contribution in [2.45, 2.75) is 12.6 Å². The number of benzene rings is 1. The second-order valence-electron chi connectivity index (χ2n) is 6.74. The summed E-state index contributed by atoms with van der Waals surface area (Å²) >= 11 is 0. The number of pyridine rings is 1. The van der Waals surface area contributed by atoms with Crippen molar-refractivity contribution < 1.29 is 13.2 Å². The Hall–Kier alpha value is -3.33. The molecule has 0 saturated carbocycles. The molecule has 0 spiro atoms. The Kier molecular flexibility index (Phi) is 4.75. The van der Waals surface area contributed by atoms with E-state index in [2.05, 4.69) is 33.4 Å². The van der Waals surface area contributed by atoms with Crippen molar-refractivity contribution in [1.82, 2.24) is 19.9 Å². The highest BCUT2D eigenvalue weighted by molar-refractivity contribution is 5.77. The minimum Gasteiger partial charge on any atom is -0.399 e. The van der Waals surface area contributed by atoms with Crippen molar-refractivity contribution in [3.63, 3.8) is 0 Å². The van der Waals surface area contributed by atoms with Crippen LogP contribution in [-0.4, -0.2) is 27.7 Å². The Morgan fingerprint density at radius 2 is 2.07 bits per heavy atom. The van der Waals surface area contributed by atoms with Crippen molar-refractivity contribution in [3.8, 4) is 0 Å². The molecule has 0 aliphatic carbocycles. The van der Waals surface area contributed by atoms with Crippen molar-refractivity contribution in [2.75, 3.05) is 24.1 Å². The van der Waals surface area contributed by atoms with Gasteiger partial charge in [-0.05, 0) is 54.4 Å². The predicted molar refractivity (Wildman–Crippen MR) is 107 cm³/mol. The number of halogens is 3. The zero-order valence-electron chi connectivity index (χ0n) is 15.4. The van der Waals surface area contributed by atoms with Gasteiger partial charge in [0.05, 0.1) is 5.56 Å². The Morgan fingerprint density at radius 3 is 2.79 bits per heavy atom. The topological polar surface area (TPSA) is 80.3 Å². The average molecular weight is 400 g/mol. The fourth-order valence-corrected chi connectivity index (χ4v) is 3.18. The standard InChI is InChI=1S/C20H19F3N6/c1-12(14-9-15(20(21,22)23)11-16(24)10-14)26-17-3-2-4-18-27-19(28-29(17)18)13-5-7-25-8-6-13/h2-5,9-11,25-26H,1,6-8,24H2. The summed E-state index contributed by atoms with van der Waals surface area (Å²) in [6, 6.07) is 8.71. The summed E-state index contributed by atoms with van der Waals surface area (Å²) in [5.74, 6) is 1.17. The van der Waals surface area contributed by atoms with E-state index < -0.39 is 11.7 Å². The number of hydrogen-bond acceptors (Lipinski definition) is 5. The lowest BCUT2D eigenvalue weighted by atomic mass is 10.1. The number of rotatable bonds is 4. The lowest BCUT2D eigenvalue weighted by Gasteiger charge is -2.14. The number of nitrogens with two attached hydrogens (primary N) is 1. The molecule has 2 aromatic heterocycles. The van der Waals surface area contributed by atoms with E-state index in [-0.39, 0.29) is 16.9 Å². The first kappa shape index (κ1) is 19.0. The third-order valence-corrected chi connectivity index (χ3v) is 4.62. The van der Waals surface area contributed by atoms with Crippen LogP contribution in [0.4, 0.5) is 24.7 Å². The van der Waals surface area contributed by atoms with Gasteiger partial charge in [-0.2, -0.15) is 17.7 Å². The van der Waals surface area contributed by atoms with Gasteiger partial charge >= 0.3 is 6.18 Å². The van der Waals surface area contributed by atoms with Crippen LogP contribution < -0.4 is 16.4 Å². The second kappa shape index (κ2) is 7.25. The summed E-state index contributed by atoms with van der Waals surface area (Å²) in [5, 5.41) is 10.8. The maximum atomic E-state index is 13.1. The van der Waals surface area contributed by atoms with E-state index in [0.717, 1.165) is 37.2 Å². The SMILES string of the molecule is C=C(Nc1cccc2nc(C3=CCNCC3)nn12)c1cc(N)cc(C(F)(F)F)c1. The fourth-order valence-electron chi connectivity index (χ4n) is 3.18. The summed E-state index contributed by atoms with van der Waals surface area (Å²) in [6.07, 6.45) is -1.61. The Bertz CT molecular complexity index is 1110. The van der Waals surface area contributed by atoms with Crippen molar-refractivity contribution in [1.29, 1.82) is 0 Å². The van der Waals surface area contributed by atoms with Gasteiger partial charge in [-0.15, -0.1) is 5.10 Å². The van der Waals surface area contributed by atoms with Gasteiger partial charge < -0.3 is 16.4 Å². The first-order chi connectivity index (χ1) is 13.8. The Labute approximate surface area is 164 Å². The number of nitrogens with one attached hydrogen (secondary N) is 2. The van der Waals surface area contributed by atoms with E-state index in [1.54, 1.807) is 16.6 Å². The van der Waals surface area contributed by atoms with E-state index in [1.165, 1.54) is 6.07 Å². The molecule has 1 aromatic carbocycles. The maximum absolute atomic E-state index is 13.1. The average Bonchev–Trinajstić information content (AvgIpc) is 3.13. The lowest BCUT2D eigenvalue weighted by Crippen LogP contribution is -2.20. The molecule has 0 fully saturated rings. The zero-order chi connectivity index (χ0) is 20.6. The number of hydrogen-bond donors (Lipinski definition) is 3. The van der Waals surface area contributed by atoms with Crippen molar-refractivity contribution in [3.05, 3.63) is 66.0 Å². The summed E-state index contributed by atoms with van der Waals surface area (Å²) in [4.78, 5) is 4.55. The van der Waals surface area contributed by atoms with Gasteiger partial charge in [-0.1, -0.05) is 18.7 Å². The minimum atomic E-state index is -4.49. The van der Waals surface area contributed by atoms with Crippen LogP contribution in [0.5, 0.6) is 0 Å². The monoisotopic (exact) mass is 400 g/mol. The van der Waals surface area contributed by atoms with Crippen LogP contribution >= 0.6 is 0 Å². The van der Waals surface area contributed by atoms with E-state index in [4.69, 9.17) is 5.73 Å². The minimum absolute atomic E-state index is 0.0110. The van der Waals surface area contributed by atoms with Crippen LogP contribution in [0.25, 0.3) is 16.9 Å². The van der Waals surface area contributed by atoms with Crippen LogP contribution in [0.2, 0.25) is 0 Å². The molecule has 0 unspecified atom stereocenters. The molecule has 0 bridgehead atoms. The number of aromatic nitrogens is 3. The van der Waals surface area contributed by atoms with Crippen LogP contribution in [0, 0.1) is 0 Å². The molecule has 4 N–H and O–H groups in total. The summed E-state index contributed by atoms with van der Waals surface area (Å²) < 4.78 is 40.9. The molecule has 29 heavy (non-hydrogen) atoms. The van der Waals surface area contributed by atoms with Crippen LogP contribution in [0.3, 0.4) is 0 Å². The molecular weight excluding hydrogens is 381 g/mol. The zero-order valence-corrected chi connectivity index (χ0v) is 15.4. The van der Waals surface area contributed by atoms with Gasteiger partial charge in [-0.25, -0.2) is 4.98 Å². The molecule has 3 aromatic rings. The molecule has 0 radical (unpaired) electrons. The molecule has 1 aliphatic rings. The molecule has 1 aliphatic heterocycles. The summed E-state index contributed by atoms with van der Waals surface area (Å²) in [6.45, 7) is 5.50. The fraction of sp³-hybridized carbons (Fsp3) is 0.200. The lowest BCUT2D eigenvalue weighted by molar-refractivity contribution is -0.137. The van der Waals surface area contributed by atoms with Crippen molar-refractivity contribution in [2.24, 2.45) is 0 Å². The predicted octanol–water partition coefficient (Wildman–Crippen LogP) is 3.79. The highest BCUT2D eigenvalue weighted by Gasteiger charge is 2.31. The summed E-state index contributed by atoms with van der Waals surface area (Å²) in [5.41, 5.74) is 7.04. The Morgan fingerprint density at radius 1 is 1.24 bits per heavy atom. The molecule has 0 atom stereocenters. The number of nitrogens with zero attached hydrogens (tertiary/aromatic N) is 3. The molecule has 0 amide bonds. The highest BCUT2D eigenvalue weighted by Crippen LogP contribution is 2.33. The first-order valence-corrected chi connectivity index (χ1v) is 9.01. The second-order valence-corrected chi connectivity index (χ2v) is 6.74. The van der Waals surface area contributed by atoms with Gasteiger partial charge in [-0.3, -0.25) is 0 Å². The molecule has 9 heteroatoms. The van der Waals surface area contributed by atoms with Crippen molar-refractivity contribution >= 4 is 28.4 Å². The van der Waals surface area contributed by atoms with E-state index in [1.807, 2.05) is 6.07 Å². The molecule has 3 heterocycles. The van der Waals surface area contributed by atoms with Crippen LogP contribution in [-0.2, 0) is 6.18 Å². The maximum Gasteiger partial charge on any atom is 0.416 e. The van der Waals surface area contributed by atoms with Gasteiger partial charge in [0, 0.05) is 17.9 Å². The van der Waals surface area contributed by atoms with E-state index >= 15 is 0 Å². The molecule has 4 rings (SSSR count). The van der Waals surface area contributed by atoms with Gasteiger partial charge in [0.25, 0.3) is 0 Å². The molecular formula is C20H19F3N6. The third kappa shape index (κ3) is 3.95. The number of nitrogen functional groups attached to an aromatic ring is 1. The largest absolute Gasteiger partial charge is 0.416 e. The van der Waals surface area contributed by atoms with E-state index in [9.17, 15) is 13.2 Å². The van der Waals surface area contributed by atoms with Gasteiger partial charge in [0.1, 0.15) is 5.82 Å². The normalized spacial score (nSPS) is 14.7. The van der Waals surface area contributed by atoms with Crippen LogP contribution in [0.1, 0.15) is 23.4 Å². The quantitative estimate of drug-likeness (QED) is 0.581. The highest BCUT2D eigenvalue weighted by atomic mass is 19.4. The van der Waals surface area contributed by atoms with Gasteiger partial charge in [0.15, 0.2) is 11.5 Å². The molecule has 150 valence electrons. The number of alkyl halides is 3. The first-order valence-electron chi connectivity index (χ1n) is 9.01.